The molecule has 0 unspecified atom stereocenters. The van der Waals surface area contributed by atoms with Crippen LogP contribution in [0.1, 0.15) is 39.4 Å². The van der Waals surface area contributed by atoms with Crippen LogP contribution in [0.4, 0.5) is 0 Å². The van der Waals surface area contributed by atoms with Crippen LogP contribution in [-0.4, -0.2) is 18.9 Å². The number of rotatable bonds is 6. The number of carbonyl (C=O) groups is 2. The van der Waals surface area contributed by atoms with E-state index in [0.717, 1.165) is 11.3 Å². The molecule has 5 heteroatoms. The van der Waals surface area contributed by atoms with Crippen LogP contribution in [0.15, 0.2) is 24.3 Å². The summed E-state index contributed by atoms with van der Waals surface area (Å²) in [5, 5.41) is 5.69. The first kappa shape index (κ1) is 17.0. The van der Waals surface area contributed by atoms with Gasteiger partial charge in [-0.3, -0.25) is 9.59 Å². The molecule has 2 N–H and O–H groups in total. The predicted molar refractivity (Wildman–Crippen MR) is 81.7 cm³/mol. The van der Waals surface area contributed by atoms with Crippen LogP contribution >= 0.6 is 0 Å². The van der Waals surface area contributed by atoms with Crippen molar-refractivity contribution in [2.45, 2.75) is 33.9 Å². The molecule has 0 aliphatic rings. The number of hydrogen-bond donors (Lipinski definition) is 2. The molecule has 2 amide bonds. The average Bonchev–Trinajstić information content (AvgIpc) is 2.46. The van der Waals surface area contributed by atoms with Crippen LogP contribution in [0.2, 0.25) is 0 Å². The fourth-order valence-corrected chi connectivity index (χ4v) is 1.62. The first-order chi connectivity index (χ1) is 9.85. The number of carbonyl (C=O) groups excluding carboxylic acids is 2. The van der Waals surface area contributed by atoms with E-state index < -0.39 is 6.17 Å². The summed E-state index contributed by atoms with van der Waals surface area (Å²) in [5.74, 6) is 0.200. The van der Waals surface area contributed by atoms with Gasteiger partial charge in [0.15, 0.2) is 0 Å². The zero-order valence-electron chi connectivity index (χ0n) is 13.3. The molecule has 0 bridgehead atoms. The third-order valence-corrected chi connectivity index (χ3v) is 3.07. The first-order valence-electron chi connectivity index (χ1n) is 7.09. The van der Waals surface area contributed by atoms with Crippen molar-refractivity contribution in [2.75, 3.05) is 7.11 Å². The van der Waals surface area contributed by atoms with Gasteiger partial charge in [0.25, 0.3) is 0 Å². The van der Waals surface area contributed by atoms with E-state index in [1.165, 1.54) is 0 Å². The number of methoxy groups -OCH3 is 1. The van der Waals surface area contributed by atoms with Gasteiger partial charge >= 0.3 is 0 Å². The van der Waals surface area contributed by atoms with E-state index >= 15 is 0 Å². The lowest BCUT2D eigenvalue weighted by Gasteiger charge is -2.23. The van der Waals surface area contributed by atoms with Crippen molar-refractivity contribution in [1.82, 2.24) is 10.6 Å². The monoisotopic (exact) mass is 292 g/mol. The zero-order valence-corrected chi connectivity index (χ0v) is 13.3. The van der Waals surface area contributed by atoms with Crippen LogP contribution in [0.5, 0.6) is 5.75 Å². The van der Waals surface area contributed by atoms with Crippen molar-refractivity contribution in [1.29, 1.82) is 0 Å². The average molecular weight is 292 g/mol. The van der Waals surface area contributed by atoms with E-state index in [0.29, 0.717) is 0 Å². The summed E-state index contributed by atoms with van der Waals surface area (Å²) < 4.78 is 5.11. The highest BCUT2D eigenvalue weighted by atomic mass is 16.5. The van der Waals surface area contributed by atoms with Crippen LogP contribution in [0.3, 0.4) is 0 Å². The van der Waals surface area contributed by atoms with Gasteiger partial charge in [0.05, 0.1) is 7.11 Å². The lowest BCUT2D eigenvalue weighted by atomic mass is 10.1. The van der Waals surface area contributed by atoms with Crippen LogP contribution < -0.4 is 15.4 Å². The predicted octanol–water partition coefficient (Wildman–Crippen LogP) is 2.24. The maximum Gasteiger partial charge on any atom is 0.224 e. The maximum atomic E-state index is 11.9. The molecule has 0 aliphatic heterocycles. The normalized spacial score (nSPS) is 10.9. The van der Waals surface area contributed by atoms with E-state index in [4.69, 9.17) is 4.74 Å². The molecule has 0 atom stereocenters. The van der Waals surface area contributed by atoms with E-state index in [1.54, 1.807) is 19.2 Å². The second kappa shape index (κ2) is 7.67. The molecule has 0 aliphatic carbocycles. The van der Waals surface area contributed by atoms with Crippen molar-refractivity contribution in [2.24, 2.45) is 11.8 Å². The van der Waals surface area contributed by atoms with Gasteiger partial charge in [-0.1, -0.05) is 39.8 Å². The molecule has 1 rings (SSSR count). The summed E-state index contributed by atoms with van der Waals surface area (Å²) >= 11 is 0. The van der Waals surface area contributed by atoms with E-state index in [1.807, 2.05) is 39.8 Å². The third-order valence-electron chi connectivity index (χ3n) is 3.07. The Labute approximate surface area is 126 Å². The Kier molecular flexibility index (Phi) is 6.21. The van der Waals surface area contributed by atoms with Crippen LogP contribution in [0.25, 0.3) is 0 Å². The Balaban J connectivity index is 2.93. The van der Waals surface area contributed by atoms with Crippen molar-refractivity contribution in [3.05, 3.63) is 29.8 Å². The number of amides is 2. The molecule has 0 heterocycles. The largest absolute Gasteiger partial charge is 0.497 e. The van der Waals surface area contributed by atoms with Crippen molar-refractivity contribution < 1.29 is 14.3 Å². The van der Waals surface area contributed by atoms with Gasteiger partial charge in [-0.2, -0.15) is 0 Å². The molecule has 1 aromatic carbocycles. The lowest BCUT2D eigenvalue weighted by Crippen LogP contribution is -2.43. The van der Waals surface area contributed by atoms with Crippen molar-refractivity contribution in [3.8, 4) is 5.75 Å². The quantitative estimate of drug-likeness (QED) is 0.790. The Morgan fingerprint density at radius 1 is 0.905 bits per heavy atom. The van der Waals surface area contributed by atoms with Gasteiger partial charge in [-0.05, 0) is 17.7 Å². The van der Waals surface area contributed by atoms with Gasteiger partial charge < -0.3 is 15.4 Å². The van der Waals surface area contributed by atoms with E-state index in [-0.39, 0.29) is 23.7 Å². The number of hydrogen-bond acceptors (Lipinski definition) is 3. The minimum Gasteiger partial charge on any atom is -0.497 e. The summed E-state index contributed by atoms with van der Waals surface area (Å²) in [6.45, 7) is 7.24. The Morgan fingerprint density at radius 2 is 1.33 bits per heavy atom. The summed E-state index contributed by atoms with van der Waals surface area (Å²) in [7, 11) is 1.59. The van der Waals surface area contributed by atoms with Crippen LogP contribution in [0, 0.1) is 11.8 Å². The molecule has 21 heavy (non-hydrogen) atoms. The number of ether oxygens (including phenoxy) is 1. The fourth-order valence-electron chi connectivity index (χ4n) is 1.62. The first-order valence-corrected chi connectivity index (χ1v) is 7.09. The van der Waals surface area contributed by atoms with E-state index in [9.17, 15) is 9.59 Å². The molecular formula is C16H24N2O3. The fraction of sp³-hybridized carbons (Fsp3) is 0.500. The number of benzene rings is 1. The summed E-state index contributed by atoms with van der Waals surface area (Å²) in [6.07, 6.45) is -0.541. The summed E-state index contributed by atoms with van der Waals surface area (Å²) in [4.78, 5) is 23.8. The smallest absolute Gasteiger partial charge is 0.224 e. The Morgan fingerprint density at radius 3 is 1.67 bits per heavy atom. The molecule has 0 fully saturated rings. The second-order valence-corrected chi connectivity index (χ2v) is 5.53. The third kappa shape index (κ3) is 5.10. The minimum absolute atomic E-state index is 0.111. The van der Waals surface area contributed by atoms with Crippen molar-refractivity contribution >= 4 is 11.8 Å². The highest BCUT2D eigenvalue weighted by molar-refractivity contribution is 5.81. The molecule has 0 saturated carbocycles. The summed E-state index contributed by atoms with van der Waals surface area (Å²) in [5.41, 5.74) is 0.804. The maximum absolute atomic E-state index is 11.9. The standard InChI is InChI=1S/C16H24N2O3/c1-10(2)15(19)17-14(18-16(20)11(3)4)12-6-8-13(21-5)9-7-12/h6-11,14H,1-5H3,(H,17,19)(H,18,20). The van der Waals surface area contributed by atoms with Crippen LogP contribution in [-0.2, 0) is 9.59 Å². The Hall–Kier alpha value is -2.04. The SMILES string of the molecule is COc1ccc(C(NC(=O)C(C)C)NC(=O)C(C)C)cc1. The summed E-state index contributed by atoms with van der Waals surface area (Å²) in [6, 6.07) is 7.24. The molecule has 5 nitrogen and oxygen atoms in total. The highest BCUT2D eigenvalue weighted by Gasteiger charge is 2.20. The molecule has 0 saturated heterocycles. The molecule has 0 aromatic heterocycles. The Bertz CT molecular complexity index is 459. The molecular weight excluding hydrogens is 268 g/mol. The molecule has 0 radical (unpaired) electrons. The zero-order chi connectivity index (χ0) is 16.0. The topological polar surface area (TPSA) is 67.4 Å². The molecule has 116 valence electrons. The van der Waals surface area contributed by atoms with Gasteiger partial charge in [0, 0.05) is 11.8 Å². The molecule has 0 spiro atoms. The molecule has 1 aromatic rings. The lowest BCUT2D eigenvalue weighted by molar-refractivity contribution is -0.127. The van der Waals surface area contributed by atoms with Crippen molar-refractivity contribution in [3.63, 3.8) is 0 Å². The van der Waals surface area contributed by atoms with E-state index in [2.05, 4.69) is 10.6 Å². The second-order valence-electron chi connectivity index (χ2n) is 5.53. The van der Waals surface area contributed by atoms with Gasteiger partial charge in [0.2, 0.25) is 11.8 Å². The number of nitrogens with one attached hydrogen (secondary N) is 2. The highest BCUT2D eigenvalue weighted by Crippen LogP contribution is 2.17. The van der Waals surface area contributed by atoms with Gasteiger partial charge in [-0.15, -0.1) is 0 Å². The van der Waals surface area contributed by atoms with Gasteiger partial charge in [0.1, 0.15) is 11.9 Å². The van der Waals surface area contributed by atoms with Gasteiger partial charge in [-0.25, -0.2) is 0 Å². The minimum atomic E-state index is -0.541.